The van der Waals surface area contributed by atoms with E-state index in [2.05, 4.69) is 6.08 Å². The Kier molecular flexibility index (Phi) is 7.63. The molecule has 1 aliphatic carbocycles. The van der Waals surface area contributed by atoms with Crippen LogP contribution in [0.1, 0.15) is 53.9 Å². The fourth-order valence-corrected chi connectivity index (χ4v) is 2.45. The van der Waals surface area contributed by atoms with Crippen molar-refractivity contribution in [1.29, 1.82) is 0 Å². The van der Waals surface area contributed by atoms with Crippen LogP contribution in [-0.4, -0.2) is 25.2 Å². The number of ether oxygens (including phenoxy) is 2. The Labute approximate surface area is 134 Å². The van der Waals surface area contributed by atoms with Crippen LogP contribution in [0, 0.1) is 23.7 Å². The van der Waals surface area contributed by atoms with E-state index >= 15 is 0 Å². The lowest BCUT2D eigenvalue weighted by molar-refractivity contribution is -0.153. The molecule has 22 heavy (non-hydrogen) atoms. The van der Waals surface area contributed by atoms with Gasteiger partial charge < -0.3 is 9.47 Å². The fourth-order valence-electron chi connectivity index (χ4n) is 2.45. The third-order valence-electron chi connectivity index (χ3n) is 3.79. The molecular weight excluding hydrogens is 280 g/mol. The van der Waals surface area contributed by atoms with Crippen LogP contribution in [0.4, 0.5) is 0 Å². The minimum atomic E-state index is -0.321. The SMILES string of the molecule is CC1=CCCC(C(=O)OCC(C)C)CC1C(=O)OCC(C)C. The van der Waals surface area contributed by atoms with Gasteiger partial charge in [0, 0.05) is 0 Å². The van der Waals surface area contributed by atoms with Crippen molar-refractivity contribution >= 4 is 11.9 Å². The average Bonchev–Trinajstić information content (AvgIpc) is 2.64. The highest BCUT2D eigenvalue weighted by Gasteiger charge is 2.32. The first-order chi connectivity index (χ1) is 10.3. The first-order valence-corrected chi connectivity index (χ1v) is 8.31. The predicted molar refractivity (Wildman–Crippen MR) is 86.2 cm³/mol. The Morgan fingerprint density at radius 1 is 1.09 bits per heavy atom. The van der Waals surface area contributed by atoms with E-state index in [9.17, 15) is 9.59 Å². The summed E-state index contributed by atoms with van der Waals surface area (Å²) in [5.41, 5.74) is 1.01. The molecule has 0 aromatic heterocycles. The Morgan fingerprint density at radius 3 is 2.18 bits per heavy atom. The van der Waals surface area contributed by atoms with Crippen LogP contribution in [0.2, 0.25) is 0 Å². The van der Waals surface area contributed by atoms with E-state index < -0.39 is 0 Å². The first-order valence-electron chi connectivity index (χ1n) is 8.31. The summed E-state index contributed by atoms with van der Waals surface area (Å²) in [6.45, 7) is 10.8. The van der Waals surface area contributed by atoms with E-state index in [-0.39, 0.29) is 23.8 Å². The standard InChI is InChI=1S/C18H30O4/c1-12(2)10-21-17(19)15-8-6-7-14(5)16(9-15)18(20)22-11-13(3)4/h7,12-13,15-16H,6,8-11H2,1-5H3. The van der Waals surface area contributed by atoms with Crippen molar-refractivity contribution in [1.82, 2.24) is 0 Å². The van der Waals surface area contributed by atoms with Gasteiger partial charge >= 0.3 is 11.9 Å². The van der Waals surface area contributed by atoms with Gasteiger partial charge in [-0.15, -0.1) is 0 Å². The summed E-state index contributed by atoms with van der Waals surface area (Å²) in [7, 11) is 0. The molecule has 0 aromatic rings. The van der Waals surface area contributed by atoms with Crippen LogP contribution in [-0.2, 0) is 19.1 Å². The second-order valence-corrected chi connectivity index (χ2v) is 7.06. The van der Waals surface area contributed by atoms with Gasteiger partial charge in [-0.05, 0) is 38.0 Å². The molecule has 1 aliphatic rings. The zero-order valence-corrected chi connectivity index (χ0v) is 14.6. The zero-order valence-electron chi connectivity index (χ0n) is 14.6. The lowest BCUT2D eigenvalue weighted by Gasteiger charge is -2.20. The lowest BCUT2D eigenvalue weighted by atomic mass is 9.90. The van der Waals surface area contributed by atoms with Crippen molar-refractivity contribution < 1.29 is 19.1 Å². The van der Waals surface area contributed by atoms with Gasteiger partial charge in [-0.3, -0.25) is 9.59 Å². The molecule has 1 rings (SSSR count). The number of carbonyl (C=O) groups is 2. The van der Waals surface area contributed by atoms with Crippen molar-refractivity contribution in [3.05, 3.63) is 11.6 Å². The number of hydrogen-bond acceptors (Lipinski definition) is 4. The monoisotopic (exact) mass is 310 g/mol. The fraction of sp³-hybridized carbons (Fsp3) is 0.778. The van der Waals surface area contributed by atoms with Crippen LogP contribution in [0.25, 0.3) is 0 Å². The molecule has 0 spiro atoms. The van der Waals surface area contributed by atoms with Gasteiger partial charge in [0.2, 0.25) is 0 Å². The normalized spacial score (nSPS) is 22.2. The van der Waals surface area contributed by atoms with Crippen LogP contribution >= 0.6 is 0 Å². The zero-order chi connectivity index (χ0) is 16.7. The van der Waals surface area contributed by atoms with Crippen LogP contribution in [0.5, 0.6) is 0 Å². The number of rotatable bonds is 6. The number of esters is 2. The molecule has 0 heterocycles. The predicted octanol–water partition coefficient (Wildman–Crippen LogP) is 3.75. The second-order valence-electron chi connectivity index (χ2n) is 7.06. The number of carbonyl (C=O) groups excluding carboxylic acids is 2. The molecule has 4 nitrogen and oxygen atoms in total. The highest BCUT2D eigenvalue weighted by atomic mass is 16.5. The van der Waals surface area contributed by atoms with Crippen LogP contribution in [0.15, 0.2) is 11.6 Å². The van der Waals surface area contributed by atoms with Crippen molar-refractivity contribution in [2.24, 2.45) is 23.7 Å². The van der Waals surface area contributed by atoms with Gasteiger partial charge in [-0.25, -0.2) is 0 Å². The maximum atomic E-state index is 12.3. The highest BCUT2D eigenvalue weighted by Crippen LogP contribution is 2.30. The maximum Gasteiger partial charge on any atom is 0.313 e. The second kappa shape index (κ2) is 8.96. The smallest absolute Gasteiger partial charge is 0.313 e. The number of allylic oxidation sites excluding steroid dienone is 1. The minimum Gasteiger partial charge on any atom is -0.465 e. The summed E-state index contributed by atoms with van der Waals surface area (Å²) >= 11 is 0. The average molecular weight is 310 g/mol. The molecule has 0 saturated heterocycles. The Hall–Kier alpha value is -1.32. The Morgan fingerprint density at radius 2 is 1.64 bits per heavy atom. The summed E-state index contributed by atoms with van der Waals surface area (Å²) < 4.78 is 10.7. The molecule has 4 heteroatoms. The third kappa shape index (κ3) is 6.20. The Balaban J connectivity index is 2.66. The van der Waals surface area contributed by atoms with Crippen LogP contribution < -0.4 is 0 Å². The third-order valence-corrected chi connectivity index (χ3v) is 3.79. The summed E-state index contributed by atoms with van der Waals surface area (Å²) in [5.74, 6) is -0.307. The molecule has 126 valence electrons. The molecule has 0 fully saturated rings. The summed E-state index contributed by atoms with van der Waals surface area (Å²) in [6.07, 6.45) is 4.09. The van der Waals surface area contributed by atoms with Gasteiger partial charge in [0.1, 0.15) is 0 Å². The molecule has 2 unspecified atom stereocenters. The Bertz CT molecular complexity index is 409. The van der Waals surface area contributed by atoms with E-state index in [0.29, 0.717) is 31.5 Å². The lowest BCUT2D eigenvalue weighted by Crippen LogP contribution is -2.27. The molecule has 0 bridgehead atoms. The first kappa shape index (κ1) is 18.7. The molecule has 0 aliphatic heterocycles. The molecule has 0 saturated carbocycles. The summed E-state index contributed by atoms with van der Waals surface area (Å²) in [5, 5.41) is 0. The van der Waals surface area contributed by atoms with Gasteiger partial charge in [0.05, 0.1) is 25.0 Å². The van der Waals surface area contributed by atoms with Crippen molar-refractivity contribution in [2.75, 3.05) is 13.2 Å². The van der Waals surface area contributed by atoms with Crippen LogP contribution in [0.3, 0.4) is 0 Å². The topological polar surface area (TPSA) is 52.6 Å². The molecule has 0 N–H and O–H groups in total. The van der Waals surface area contributed by atoms with Gasteiger partial charge in [-0.2, -0.15) is 0 Å². The van der Waals surface area contributed by atoms with Crippen molar-refractivity contribution in [2.45, 2.75) is 53.9 Å². The summed E-state index contributed by atoms with van der Waals surface area (Å²) in [6, 6.07) is 0. The van der Waals surface area contributed by atoms with E-state index in [1.165, 1.54) is 0 Å². The quantitative estimate of drug-likeness (QED) is 0.554. The number of hydrogen-bond donors (Lipinski definition) is 0. The molecule has 0 aromatic carbocycles. The van der Waals surface area contributed by atoms with Gasteiger partial charge in [0.25, 0.3) is 0 Å². The summed E-state index contributed by atoms with van der Waals surface area (Å²) in [4.78, 5) is 24.5. The largest absolute Gasteiger partial charge is 0.465 e. The van der Waals surface area contributed by atoms with E-state index in [1.807, 2.05) is 34.6 Å². The van der Waals surface area contributed by atoms with E-state index in [1.54, 1.807) is 0 Å². The highest BCUT2D eigenvalue weighted by molar-refractivity contribution is 5.78. The molecule has 0 amide bonds. The van der Waals surface area contributed by atoms with Crippen molar-refractivity contribution in [3.8, 4) is 0 Å². The maximum absolute atomic E-state index is 12.3. The minimum absolute atomic E-state index is 0.182. The molecule has 2 atom stereocenters. The van der Waals surface area contributed by atoms with Crippen molar-refractivity contribution in [3.63, 3.8) is 0 Å². The van der Waals surface area contributed by atoms with E-state index in [4.69, 9.17) is 9.47 Å². The molecular formula is C18H30O4. The molecule has 0 radical (unpaired) electrons. The van der Waals surface area contributed by atoms with Gasteiger partial charge in [-0.1, -0.05) is 39.3 Å². The van der Waals surface area contributed by atoms with E-state index in [0.717, 1.165) is 18.4 Å². The van der Waals surface area contributed by atoms with Gasteiger partial charge in [0.15, 0.2) is 0 Å².